The summed E-state index contributed by atoms with van der Waals surface area (Å²) in [7, 11) is 0. The van der Waals surface area contributed by atoms with Crippen LogP contribution in [0.1, 0.15) is 38.2 Å². The fourth-order valence-corrected chi connectivity index (χ4v) is 3.42. The van der Waals surface area contributed by atoms with Gasteiger partial charge in [-0.15, -0.1) is 0 Å². The first-order valence-electron chi connectivity index (χ1n) is 10.9. The van der Waals surface area contributed by atoms with Crippen LogP contribution >= 0.6 is 0 Å². The number of carbonyl (C=O) groups is 3. The summed E-state index contributed by atoms with van der Waals surface area (Å²) < 4.78 is 10.6. The van der Waals surface area contributed by atoms with E-state index in [0.29, 0.717) is 25.8 Å². The van der Waals surface area contributed by atoms with Crippen LogP contribution in [-0.4, -0.2) is 77.0 Å². The van der Waals surface area contributed by atoms with Crippen LogP contribution in [-0.2, 0) is 25.7 Å². The first-order chi connectivity index (χ1) is 15.8. The second kappa shape index (κ2) is 13.7. The van der Waals surface area contributed by atoms with Crippen LogP contribution in [0.15, 0.2) is 30.3 Å². The predicted molar refractivity (Wildman–Crippen MR) is 117 cm³/mol. The number of carbonyl (C=O) groups excluding carboxylic acids is 3. The molecule has 0 aliphatic carbocycles. The minimum Gasteiger partial charge on any atom is -0.445 e. The van der Waals surface area contributed by atoms with Crippen LogP contribution < -0.4 is 16.0 Å². The Morgan fingerprint density at radius 3 is 2.42 bits per heavy atom. The van der Waals surface area contributed by atoms with Gasteiger partial charge in [-0.3, -0.25) is 9.59 Å². The number of nitrogens with one attached hydrogen (secondary N) is 3. The van der Waals surface area contributed by atoms with E-state index in [9.17, 15) is 29.7 Å². The zero-order valence-corrected chi connectivity index (χ0v) is 18.6. The van der Waals surface area contributed by atoms with Crippen LogP contribution in [0.5, 0.6) is 0 Å². The highest BCUT2D eigenvalue weighted by atomic mass is 16.5. The summed E-state index contributed by atoms with van der Waals surface area (Å²) in [4.78, 5) is 35.4. The van der Waals surface area contributed by atoms with Gasteiger partial charge in [-0.05, 0) is 18.4 Å². The molecule has 1 fully saturated rings. The van der Waals surface area contributed by atoms with E-state index in [1.807, 2.05) is 30.3 Å². The molecule has 0 aromatic heterocycles. The molecule has 1 heterocycles. The summed E-state index contributed by atoms with van der Waals surface area (Å²) in [6, 6.07) is 8.28. The highest BCUT2D eigenvalue weighted by Crippen LogP contribution is 2.20. The van der Waals surface area contributed by atoms with Gasteiger partial charge < -0.3 is 40.7 Å². The van der Waals surface area contributed by atoms with Crippen LogP contribution in [0.2, 0.25) is 0 Å². The number of alkyl carbamates (subject to hydrolysis) is 1. The van der Waals surface area contributed by atoms with E-state index >= 15 is 0 Å². The third-order valence-electron chi connectivity index (χ3n) is 5.16. The highest BCUT2D eigenvalue weighted by Gasteiger charge is 2.45. The molecule has 184 valence electrons. The Balaban J connectivity index is 1.65. The van der Waals surface area contributed by atoms with Crippen molar-refractivity contribution in [2.45, 2.75) is 69.8 Å². The summed E-state index contributed by atoms with van der Waals surface area (Å²) in [5.41, 5.74) is 0.897. The first kappa shape index (κ1) is 26.5. The van der Waals surface area contributed by atoms with E-state index in [-0.39, 0.29) is 18.9 Å². The van der Waals surface area contributed by atoms with Crippen LogP contribution in [0.25, 0.3) is 0 Å². The Labute approximate surface area is 192 Å². The summed E-state index contributed by atoms with van der Waals surface area (Å²) in [6.07, 6.45) is -3.50. The Bertz CT molecular complexity index is 763. The Hall–Kier alpha value is -2.73. The van der Waals surface area contributed by atoms with Crippen molar-refractivity contribution in [3.05, 3.63) is 35.9 Å². The Kier molecular flexibility index (Phi) is 11.0. The number of aliphatic hydroxyl groups is 3. The number of aliphatic hydroxyl groups excluding tert-OH is 3. The maximum Gasteiger partial charge on any atom is 0.407 e. The van der Waals surface area contributed by atoms with E-state index in [1.54, 1.807) is 0 Å². The summed E-state index contributed by atoms with van der Waals surface area (Å²) in [5, 5.41) is 37.2. The Morgan fingerprint density at radius 2 is 1.76 bits per heavy atom. The lowest BCUT2D eigenvalue weighted by atomic mass is 9.95. The molecule has 0 bridgehead atoms. The van der Waals surface area contributed by atoms with Crippen molar-refractivity contribution in [2.24, 2.45) is 0 Å². The van der Waals surface area contributed by atoms with Crippen LogP contribution in [0.4, 0.5) is 4.79 Å². The third kappa shape index (κ3) is 8.97. The molecular weight excluding hydrogens is 434 g/mol. The number of unbranched alkanes of at least 4 members (excludes halogenated alkanes) is 2. The number of hydrogen-bond acceptors (Lipinski definition) is 8. The molecule has 3 amide bonds. The minimum absolute atomic E-state index is 0.160. The van der Waals surface area contributed by atoms with Gasteiger partial charge in [-0.1, -0.05) is 36.8 Å². The molecule has 0 unspecified atom stereocenters. The van der Waals surface area contributed by atoms with Crippen molar-refractivity contribution < 1.29 is 39.2 Å². The van der Waals surface area contributed by atoms with Gasteiger partial charge in [0.05, 0.1) is 6.61 Å². The molecule has 6 N–H and O–H groups in total. The lowest BCUT2D eigenvalue weighted by Gasteiger charge is -2.42. The van der Waals surface area contributed by atoms with Crippen molar-refractivity contribution >= 4 is 17.9 Å². The lowest BCUT2D eigenvalue weighted by molar-refractivity contribution is -0.203. The quantitative estimate of drug-likeness (QED) is 0.238. The van der Waals surface area contributed by atoms with E-state index in [0.717, 1.165) is 5.56 Å². The van der Waals surface area contributed by atoms with Crippen molar-refractivity contribution in [1.82, 2.24) is 16.0 Å². The second-order valence-electron chi connectivity index (χ2n) is 7.85. The minimum atomic E-state index is -1.42. The maximum absolute atomic E-state index is 12.3. The number of rotatable bonds is 11. The highest BCUT2D eigenvalue weighted by molar-refractivity contribution is 5.76. The van der Waals surface area contributed by atoms with Crippen molar-refractivity contribution in [3.8, 4) is 0 Å². The fourth-order valence-electron chi connectivity index (χ4n) is 3.42. The number of benzene rings is 1. The molecular formula is C22H33N3O8. The normalized spacial score (nSPS) is 24.5. The van der Waals surface area contributed by atoms with Gasteiger partial charge in [0, 0.05) is 19.9 Å². The van der Waals surface area contributed by atoms with Crippen molar-refractivity contribution in [2.75, 3.05) is 13.2 Å². The van der Waals surface area contributed by atoms with Crippen LogP contribution in [0, 0.1) is 0 Å². The monoisotopic (exact) mass is 467 g/mol. The average Bonchev–Trinajstić information content (AvgIpc) is 2.80. The number of ether oxygens (including phenoxy) is 2. The van der Waals surface area contributed by atoms with Crippen LogP contribution in [0.3, 0.4) is 0 Å². The molecule has 11 nitrogen and oxygen atoms in total. The summed E-state index contributed by atoms with van der Waals surface area (Å²) in [6.45, 7) is 1.28. The molecule has 1 aliphatic heterocycles. The lowest BCUT2D eigenvalue weighted by Crippen LogP contribution is -2.68. The SMILES string of the molecule is CC(=O)N[C@H]1[C@@H](O)[C@H](O)[C@H](CO)O[C@H]1NC(=O)CCCCCNC(=O)OCc1ccccc1. The van der Waals surface area contributed by atoms with Gasteiger partial charge in [0.15, 0.2) is 6.23 Å². The third-order valence-corrected chi connectivity index (χ3v) is 5.16. The molecule has 1 aromatic carbocycles. The molecule has 0 radical (unpaired) electrons. The number of amides is 3. The zero-order valence-electron chi connectivity index (χ0n) is 18.6. The summed E-state index contributed by atoms with van der Waals surface area (Å²) in [5.74, 6) is -0.836. The van der Waals surface area contributed by atoms with E-state index in [4.69, 9.17) is 9.47 Å². The van der Waals surface area contributed by atoms with Gasteiger partial charge in [-0.25, -0.2) is 4.79 Å². The molecule has 1 aromatic rings. The van der Waals surface area contributed by atoms with E-state index in [2.05, 4.69) is 16.0 Å². The van der Waals surface area contributed by atoms with Gasteiger partial charge >= 0.3 is 6.09 Å². The average molecular weight is 468 g/mol. The molecule has 1 aliphatic rings. The molecule has 0 saturated carbocycles. The molecule has 0 spiro atoms. The molecule has 2 rings (SSSR count). The van der Waals surface area contributed by atoms with Gasteiger partial charge in [-0.2, -0.15) is 0 Å². The van der Waals surface area contributed by atoms with Gasteiger partial charge in [0.1, 0.15) is 31.0 Å². The predicted octanol–water partition coefficient (Wildman–Crippen LogP) is -0.467. The molecule has 1 saturated heterocycles. The van der Waals surface area contributed by atoms with Gasteiger partial charge in [0.25, 0.3) is 0 Å². The van der Waals surface area contributed by atoms with Crippen molar-refractivity contribution in [1.29, 1.82) is 0 Å². The molecule has 11 heteroatoms. The second-order valence-corrected chi connectivity index (χ2v) is 7.85. The summed E-state index contributed by atoms with van der Waals surface area (Å²) >= 11 is 0. The molecule has 5 atom stereocenters. The largest absolute Gasteiger partial charge is 0.445 e. The number of hydrogen-bond donors (Lipinski definition) is 6. The fraction of sp³-hybridized carbons (Fsp3) is 0.591. The smallest absolute Gasteiger partial charge is 0.407 e. The Morgan fingerprint density at radius 1 is 1.03 bits per heavy atom. The standard InChI is InChI=1S/C22H33N3O8/c1-14(27)24-18-20(30)19(29)16(12-26)33-21(18)25-17(28)10-6-3-7-11-23-22(31)32-13-15-8-4-2-5-9-15/h2,4-5,8-9,16,18-21,26,29-30H,3,6-7,10-13H2,1H3,(H,23,31)(H,24,27)(H,25,28)/t16-,18-,19+,20+,21+/m0/s1. The zero-order chi connectivity index (χ0) is 24.2. The van der Waals surface area contributed by atoms with Gasteiger partial charge in [0.2, 0.25) is 11.8 Å². The van der Waals surface area contributed by atoms with Crippen molar-refractivity contribution in [3.63, 3.8) is 0 Å². The topological polar surface area (TPSA) is 166 Å². The van der Waals surface area contributed by atoms with E-state index < -0.39 is 49.2 Å². The maximum atomic E-state index is 12.3. The van der Waals surface area contributed by atoms with E-state index in [1.165, 1.54) is 6.92 Å². The molecule has 33 heavy (non-hydrogen) atoms. The first-order valence-corrected chi connectivity index (χ1v) is 10.9.